The summed E-state index contributed by atoms with van der Waals surface area (Å²) in [6.07, 6.45) is -0.688. The molecule has 0 aromatic heterocycles. The van der Waals surface area contributed by atoms with Crippen LogP contribution in [0.5, 0.6) is 0 Å². The molecule has 0 saturated carbocycles. The first kappa shape index (κ1) is 12.8. The zero-order chi connectivity index (χ0) is 11.6. The highest BCUT2D eigenvalue weighted by molar-refractivity contribution is 6.35. The zero-order valence-corrected chi connectivity index (χ0v) is 10.3. The Morgan fingerprint density at radius 1 is 1.40 bits per heavy atom. The van der Waals surface area contributed by atoms with Gasteiger partial charge in [-0.3, -0.25) is 0 Å². The SMILES string of the molecule is CC(C)(CN)C(O)c1ccc(Cl)cc1Cl. The van der Waals surface area contributed by atoms with Crippen LogP contribution < -0.4 is 5.73 Å². The Labute approximate surface area is 100.0 Å². The quantitative estimate of drug-likeness (QED) is 0.863. The van der Waals surface area contributed by atoms with Crippen LogP contribution in [0.4, 0.5) is 0 Å². The summed E-state index contributed by atoms with van der Waals surface area (Å²) < 4.78 is 0. The summed E-state index contributed by atoms with van der Waals surface area (Å²) in [6, 6.07) is 5.06. The molecule has 0 heterocycles. The number of halogens is 2. The molecule has 0 bridgehead atoms. The van der Waals surface area contributed by atoms with E-state index in [2.05, 4.69) is 0 Å². The minimum Gasteiger partial charge on any atom is -0.388 e. The van der Waals surface area contributed by atoms with Crippen LogP contribution in [0.15, 0.2) is 18.2 Å². The van der Waals surface area contributed by atoms with E-state index in [0.29, 0.717) is 22.2 Å². The summed E-state index contributed by atoms with van der Waals surface area (Å²) in [4.78, 5) is 0. The van der Waals surface area contributed by atoms with E-state index in [9.17, 15) is 5.11 Å². The van der Waals surface area contributed by atoms with E-state index in [4.69, 9.17) is 28.9 Å². The maximum absolute atomic E-state index is 10.1. The van der Waals surface area contributed by atoms with Gasteiger partial charge in [0, 0.05) is 22.0 Å². The summed E-state index contributed by atoms with van der Waals surface area (Å²) in [7, 11) is 0. The van der Waals surface area contributed by atoms with Gasteiger partial charge in [0.25, 0.3) is 0 Å². The van der Waals surface area contributed by atoms with Crippen molar-refractivity contribution in [3.63, 3.8) is 0 Å². The van der Waals surface area contributed by atoms with Crippen molar-refractivity contribution in [2.45, 2.75) is 20.0 Å². The lowest BCUT2D eigenvalue weighted by Crippen LogP contribution is -2.30. The fourth-order valence-corrected chi connectivity index (χ4v) is 1.77. The van der Waals surface area contributed by atoms with E-state index in [1.165, 1.54) is 0 Å². The molecule has 0 saturated heterocycles. The van der Waals surface area contributed by atoms with Gasteiger partial charge < -0.3 is 10.8 Å². The minimum atomic E-state index is -0.688. The van der Waals surface area contributed by atoms with Crippen molar-refractivity contribution in [1.29, 1.82) is 0 Å². The molecule has 0 aliphatic carbocycles. The lowest BCUT2D eigenvalue weighted by Gasteiger charge is -2.29. The minimum absolute atomic E-state index is 0.382. The first-order valence-corrected chi connectivity index (χ1v) is 5.47. The molecule has 1 rings (SSSR count). The van der Waals surface area contributed by atoms with Crippen LogP contribution in [0.3, 0.4) is 0 Å². The van der Waals surface area contributed by atoms with Gasteiger partial charge in [0.2, 0.25) is 0 Å². The number of hydrogen-bond donors (Lipinski definition) is 2. The highest BCUT2D eigenvalue weighted by atomic mass is 35.5. The molecule has 1 aromatic rings. The predicted molar refractivity (Wildman–Crippen MR) is 64.3 cm³/mol. The molecule has 0 radical (unpaired) electrons. The lowest BCUT2D eigenvalue weighted by molar-refractivity contribution is 0.0556. The van der Waals surface area contributed by atoms with Gasteiger partial charge in [-0.2, -0.15) is 0 Å². The summed E-state index contributed by atoms with van der Waals surface area (Å²) in [5, 5.41) is 11.1. The van der Waals surface area contributed by atoms with Crippen molar-refractivity contribution in [1.82, 2.24) is 0 Å². The summed E-state index contributed by atoms with van der Waals surface area (Å²) in [5.74, 6) is 0. The Kier molecular flexibility index (Phi) is 4.01. The molecule has 0 aliphatic heterocycles. The van der Waals surface area contributed by atoms with Gasteiger partial charge in [0.15, 0.2) is 0 Å². The van der Waals surface area contributed by atoms with Crippen LogP contribution in [0.2, 0.25) is 10.0 Å². The van der Waals surface area contributed by atoms with E-state index < -0.39 is 11.5 Å². The number of aliphatic hydroxyl groups is 1. The van der Waals surface area contributed by atoms with E-state index in [0.717, 1.165) is 0 Å². The van der Waals surface area contributed by atoms with Gasteiger partial charge in [-0.15, -0.1) is 0 Å². The van der Waals surface area contributed by atoms with Crippen molar-refractivity contribution in [3.05, 3.63) is 33.8 Å². The first-order chi connectivity index (χ1) is 6.88. The summed E-state index contributed by atoms with van der Waals surface area (Å²) in [5.41, 5.74) is 5.85. The predicted octanol–water partition coefficient (Wildman–Crippen LogP) is 3.01. The van der Waals surface area contributed by atoms with Crippen LogP contribution in [-0.2, 0) is 0 Å². The maximum Gasteiger partial charge on any atom is 0.0867 e. The standard InChI is InChI=1S/C11H15Cl2NO/c1-11(2,6-14)10(15)8-4-3-7(12)5-9(8)13/h3-5,10,15H,6,14H2,1-2H3. The van der Waals surface area contributed by atoms with E-state index in [-0.39, 0.29) is 0 Å². The molecule has 0 amide bonds. The van der Waals surface area contributed by atoms with Crippen molar-refractivity contribution in [3.8, 4) is 0 Å². The van der Waals surface area contributed by atoms with Crippen LogP contribution >= 0.6 is 23.2 Å². The Hall–Kier alpha value is -0.280. The smallest absolute Gasteiger partial charge is 0.0867 e. The molecule has 0 spiro atoms. The van der Waals surface area contributed by atoms with Gasteiger partial charge in [-0.1, -0.05) is 43.1 Å². The van der Waals surface area contributed by atoms with Gasteiger partial charge in [0.05, 0.1) is 6.10 Å². The second kappa shape index (κ2) is 4.71. The van der Waals surface area contributed by atoms with E-state index in [1.807, 2.05) is 13.8 Å². The molecule has 4 heteroatoms. The fraction of sp³-hybridized carbons (Fsp3) is 0.455. The number of hydrogen-bond acceptors (Lipinski definition) is 2. The number of benzene rings is 1. The summed E-state index contributed by atoms with van der Waals surface area (Å²) >= 11 is 11.8. The average molecular weight is 248 g/mol. The highest BCUT2D eigenvalue weighted by Gasteiger charge is 2.29. The summed E-state index contributed by atoms with van der Waals surface area (Å²) in [6.45, 7) is 4.17. The van der Waals surface area contributed by atoms with Gasteiger partial charge in [-0.25, -0.2) is 0 Å². The Bertz CT molecular complexity index is 352. The molecule has 15 heavy (non-hydrogen) atoms. The Morgan fingerprint density at radius 3 is 2.47 bits per heavy atom. The molecule has 1 unspecified atom stereocenters. The second-order valence-corrected chi connectivity index (χ2v) is 5.10. The molecule has 0 fully saturated rings. The van der Waals surface area contributed by atoms with Crippen molar-refractivity contribution < 1.29 is 5.11 Å². The molecule has 1 atom stereocenters. The van der Waals surface area contributed by atoms with Crippen molar-refractivity contribution >= 4 is 23.2 Å². The number of aliphatic hydroxyl groups excluding tert-OH is 1. The Balaban J connectivity index is 3.06. The normalized spacial score (nSPS) is 14.0. The third kappa shape index (κ3) is 2.85. The van der Waals surface area contributed by atoms with Crippen LogP contribution in [-0.4, -0.2) is 11.7 Å². The molecule has 84 valence electrons. The van der Waals surface area contributed by atoms with Crippen LogP contribution in [0, 0.1) is 5.41 Å². The number of nitrogens with two attached hydrogens (primary N) is 1. The molecule has 3 N–H and O–H groups in total. The molecular weight excluding hydrogens is 233 g/mol. The maximum atomic E-state index is 10.1. The highest BCUT2D eigenvalue weighted by Crippen LogP contribution is 2.36. The van der Waals surface area contributed by atoms with Gasteiger partial charge in [0.1, 0.15) is 0 Å². The molecular formula is C11H15Cl2NO. The molecule has 0 aliphatic rings. The fourth-order valence-electron chi connectivity index (χ4n) is 1.26. The Morgan fingerprint density at radius 2 is 2.00 bits per heavy atom. The largest absolute Gasteiger partial charge is 0.388 e. The van der Waals surface area contributed by atoms with E-state index >= 15 is 0 Å². The zero-order valence-electron chi connectivity index (χ0n) is 8.80. The third-order valence-corrected chi connectivity index (χ3v) is 3.09. The van der Waals surface area contributed by atoms with Crippen molar-refractivity contribution in [2.24, 2.45) is 11.1 Å². The van der Waals surface area contributed by atoms with Gasteiger partial charge >= 0.3 is 0 Å². The monoisotopic (exact) mass is 247 g/mol. The average Bonchev–Trinajstić information content (AvgIpc) is 2.17. The molecule has 2 nitrogen and oxygen atoms in total. The van der Waals surface area contributed by atoms with Crippen molar-refractivity contribution in [2.75, 3.05) is 6.54 Å². The third-order valence-electron chi connectivity index (χ3n) is 2.52. The second-order valence-electron chi connectivity index (χ2n) is 4.26. The van der Waals surface area contributed by atoms with Gasteiger partial charge in [-0.05, 0) is 17.7 Å². The van der Waals surface area contributed by atoms with E-state index in [1.54, 1.807) is 18.2 Å². The first-order valence-electron chi connectivity index (χ1n) is 4.71. The molecule has 1 aromatic carbocycles. The number of rotatable bonds is 3. The van der Waals surface area contributed by atoms with Crippen LogP contribution in [0.25, 0.3) is 0 Å². The lowest BCUT2D eigenvalue weighted by atomic mass is 9.83. The topological polar surface area (TPSA) is 46.2 Å². The van der Waals surface area contributed by atoms with Crippen LogP contribution in [0.1, 0.15) is 25.5 Å².